The standard InChI is InChI=1S/C12H15ClF3NO/c1-18-11-4-3-9(7-10(11)13)8-17-6-2-5-12(14,15)16/h3-4,7,17H,2,5-6,8H2,1H3. The topological polar surface area (TPSA) is 21.3 Å². The van der Waals surface area contributed by atoms with E-state index in [2.05, 4.69) is 5.32 Å². The predicted molar refractivity (Wildman–Crippen MR) is 65.0 cm³/mol. The summed E-state index contributed by atoms with van der Waals surface area (Å²) in [5.74, 6) is 0.581. The number of halogens is 4. The van der Waals surface area contributed by atoms with E-state index in [1.165, 1.54) is 7.11 Å². The van der Waals surface area contributed by atoms with Gasteiger partial charge in [0.05, 0.1) is 12.1 Å². The molecule has 0 unspecified atom stereocenters. The summed E-state index contributed by atoms with van der Waals surface area (Å²) in [6, 6.07) is 5.29. The molecule has 1 rings (SSSR count). The Hall–Kier alpha value is -0.940. The van der Waals surface area contributed by atoms with E-state index in [-0.39, 0.29) is 6.42 Å². The van der Waals surface area contributed by atoms with Gasteiger partial charge < -0.3 is 10.1 Å². The van der Waals surface area contributed by atoms with Crippen molar-refractivity contribution in [1.82, 2.24) is 5.32 Å². The summed E-state index contributed by atoms with van der Waals surface area (Å²) < 4.78 is 40.7. The average molecular weight is 282 g/mol. The molecule has 102 valence electrons. The number of nitrogens with one attached hydrogen (secondary N) is 1. The fourth-order valence-corrected chi connectivity index (χ4v) is 1.75. The molecule has 6 heteroatoms. The van der Waals surface area contributed by atoms with Crippen molar-refractivity contribution in [2.45, 2.75) is 25.6 Å². The van der Waals surface area contributed by atoms with Gasteiger partial charge >= 0.3 is 6.18 Å². The predicted octanol–water partition coefficient (Wildman–Crippen LogP) is 3.78. The van der Waals surface area contributed by atoms with E-state index in [0.717, 1.165) is 5.56 Å². The zero-order chi connectivity index (χ0) is 13.6. The Bertz CT molecular complexity index is 382. The SMILES string of the molecule is COc1ccc(CNCCCC(F)(F)F)cc1Cl. The molecule has 0 saturated carbocycles. The Morgan fingerprint density at radius 3 is 2.61 bits per heavy atom. The van der Waals surface area contributed by atoms with E-state index in [1.54, 1.807) is 12.1 Å². The van der Waals surface area contributed by atoms with Crippen molar-refractivity contribution in [3.8, 4) is 5.75 Å². The Kier molecular flexibility index (Phi) is 5.75. The lowest BCUT2D eigenvalue weighted by Crippen LogP contribution is -2.17. The van der Waals surface area contributed by atoms with E-state index in [0.29, 0.717) is 23.9 Å². The number of methoxy groups -OCH3 is 1. The van der Waals surface area contributed by atoms with Gasteiger partial charge in [-0.3, -0.25) is 0 Å². The van der Waals surface area contributed by atoms with E-state index < -0.39 is 12.6 Å². The lowest BCUT2D eigenvalue weighted by Gasteiger charge is -2.08. The molecule has 0 aliphatic rings. The van der Waals surface area contributed by atoms with Crippen molar-refractivity contribution < 1.29 is 17.9 Å². The molecule has 0 aliphatic heterocycles. The molecule has 0 spiro atoms. The van der Waals surface area contributed by atoms with E-state index >= 15 is 0 Å². The zero-order valence-corrected chi connectivity index (χ0v) is 10.7. The first-order valence-electron chi connectivity index (χ1n) is 5.52. The van der Waals surface area contributed by atoms with Crippen LogP contribution in [0, 0.1) is 0 Å². The molecule has 1 N–H and O–H groups in total. The van der Waals surface area contributed by atoms with Gasteiger partial charge in [-0.05, 0) is 30.7 Å². The Morgan fingerprint density at radius 1 is 1.33 bits per heavy atom. The summed E-state index contributed by atoms with van der Waals surface area (Å²) in [4.78, 5) is 0. The molecule has 0 atom stereocenters. The first-order chi connectivity index (χ1) is 8.42. The van der Waals surface area contributed by atoms with Crippen LogP contribution in [0.1, 0.15) is 18.4 Å². The maximum atomic E-state index is 11.9. The van der Waals surface area contributed by atoms with Crippen molar-refractivity contribution in [1.29, 1.82) is 0 Å². The number of hydrogen-bond donors (Lipinski definition) is 1. The third-order valence-corrected chi connectivity index (χ3v) is 2.65. The lowest BCUT2D eigenvalue weighted by molar-refractivity contribution is -0.135. The number of alkyl halides is 3. The zero-order valence-electron chi connectivity index (χ0n) is 9.98. The van der Waals surface area contributed by atoms with E-state index in [1.807, 2.05) is 6.07 Å². The van der Waals surface area contributed by atoms with Gasteiger partial charge in [-0.2, -0.15) is 13.2 Å². The largest absolute Gasteiger partial charge is 0.495 e. The molecule has 0 aliphatic carbocycles. The van der Waals surface area contributed by atoms with Crippen LogP contribution >= 0.6 is 11.6 Å². The minimum atomic E-state index is -4.08. The maximum absolute atomic E-state index is 11.9. The molecule has 0 aromatic heterocycles. The van der Waals surface area contributed by atoms with Gasteiger partial charge in [0.1, 0.15) is 5.75 Å². The summed E-state index contributed by atoms with van der Waals surface area (Å²) in [6.07, 6.45) is -4.76. The number of rotatable bonds is 6. The molecule has 0 amide bonds. The number of ether oxygens (including phenoxy) is 1. The van der Waals surface area contributed by atoms with E-state index in [4.69, 9.17) is 16.3 Å². The van der Waals surface area contributed by atoms with Crippen LogP contribution in [0.5, 0.6) is 5.75 Å². The second-order valence-corrected chi connectivity index (χ2v) is 4.27. The Morgan fingerprint density at radius 2 is 2.06 bits per heavy atom. The second-order valence-electron chi connectivity index (χ2n) is 3.86. The molecular formula is C12H15ClF3NO. The third-order valence-electron chi connectivity index (χ3n) is 2.36. The van der Waals surface area contributed by atoms with Crippen LogP contribution in [0.25, 0.3) is 0 Å². The molecule has 0 saturated heterocycles. The van der Waals surface area contributed by atoms with Crippen LogP contribution < -0.4 is 10.1 Å². The van der Waals surface area contributed by atoms with E-state index in [9.17, 15) is 13.2 Å². The highest BCUT2D eigenvalue weighted by molar-refractivity contribution is 6.32. The smallest absolute Gasteiger partial charge is 0.389 e. The molecule has 0 heterocycles. The van der Waals surface area contributed by atoms with Gasteiger partial charge in [0.2, 0.25) is 0 Å². The minimum Gasteiger partial charge on any atom is -0.495 e. The number of benzene rings is 1. The first-order valence-corrected chi connectivity index (χ1v) is 5.90. The van der Waals surface area contributed by atoms with Crippen LogP contribution in [0.3, 0.4) is 0 Å². The minimum absolute atomic E-state index is 0.0768. The Balaban J connectivity index is 2.29. The molecule has 0 fully saturated rings. The molecule has 2 nitrogen and oxygen atoms in total. The lowest BCUT2D eigenvalue weighted by atomic mass is 10.2. The highest BCUT2D eigenvalue weighted by Crippen LogP contribution is 2.25. The van der Waals surface area contributed by atoms with Crippen molar-refractivity contribution in [3.05, 3.63) is 28.8 Å². The van der Waals surface area contributed by atoms with Crippen molar-refractivity contribution in [2.75, 3.05) is 13.7 Å². The fraction of sp³-hybridized carbons (Fsp3) is 0.500. The highest BCUT2D eigenvalue weighted by atomic mass is 35.5. The second kappa shape index (κ2) is 6.85. The van der Waals surface area contributed by atoms with Crippen LogP contribution in [0.15, 0.2) is 18.2 Å². The summed E-state index contributed by atoms with van der Waals surface area (Å²) in [5.41, 5.74) is 0.910. The van der Waals surface area contributed by atoms with Gasteiger partial charge in [0, 0.05) is 13.0 Å². The fourth-order valence-electron chi connectivity index (χ4n) is 1.47. The van der Waals surface area contributed by atoms with Crippen molar-refractivity contribution >= 4 is 11.6 Å². The average Bonchev–Trinajstić information content (AvgIpc) is 2.27. The highest BCUT2D eigenvalue weighted by Gasteiger charge is 2.25. The molecule has 18 heavy (non-hydrogen) atoms. The van der Waals surface area contributed by atoms with Gasteiger partial charge in [-0.15, -0.1) is 0 Å². The molecule has 0 radical (unpaired) electrons. The summed E-state index contributed by atoms with van der Waals surface area (Å²) in [6.45, 7) is 0.810. The van der Waals surface area contributed by atoms with Gasteiger partial charge in [-0.25, -0.2) is 0 Å². The van der Waals surface area contributed by atoms with Gasteiger partial charge in [0.25, 0.3) is 0 Å². The molecule has 1 aromatic carbocycles. The Labute approximate surface area is 109 Å². The van der Waals surface area contributed by atoms with Crippen molar-refractivity contribution in [3.63, 3.8) is 0 Å². The maximum Gasteiger partial charge on any atom is 0.389 e. The molecular weight excluding hydrogens is 267 g/mol. The first kappa shape index (κ1) is 15.1. The van der Waals surface area contributed by atoms with Crippen LogP contribution in [-0.4, -0.2) is 19.8 Å². The summed E-state index contributed by atoms with van der Waals surface area (Å²) in [5, 5.41) is 3.43. The van der Waals surface area contributed by atoms with Crippen LogP contribution in [0.4, 0.5) is 13.2 Å². The van der Waals surface area contributed by atoms with Crippen molar-refractivity contribution in [2.24, 2.45) is 0 Å². The third kappa shape index (κ3) is 5.60. The molecule has 0 bridgehead atoms. The van der Waals surface area contributed by atoms with Gasteiger partial charge in [0.15, 0.2) is 0 Å². The number of hydrogen-bond acceptors (Lipinski definition) is 2. The van der Waals surface area contributed by atoms with Crippen LogP contribution in [0.2, 0.25) is 5.02 Å². The quantitative estimate of drug-likeness (QED) is 0.801. The monoisotopic (exact) mass is 281 g/mol. The van der Waals surface area contributed by atoms with Gasteiger partial charge in [-0.1, -0.05) is 17.7 Å². The molecule has 1 aromatic rings. The summed E-state index contributed by atoms with van der Waals surface area (Å²) >= 11 is 5.93. The summed E-state index contributed by atoms with van der Waals surface area (Å²) in [7, 11) is 1.52. The van der Waals surface area contributed by atoms with Crippen LogP contribution in [-0.2, 0) is 6.54 Å². The normalized spacial score (nSPS) is 11.6.